The van der Waals surface area contributed by atoms with Gasteiger partial charge in [-0.05, 0) is 49.2 Å². The van der Waals surface area contributed by atoms with Gasteiger partial charge in [-0.3, -0.25) is 9.59 Å². The molecule has 0 radical (unpaired) electrons. The molecular weight excluding hydrogens is 445 g/mol. The van der Waals surface area contributed by atoms with E-state index in [0.29, 0.717) is 37.4 Å². The number of rotatable bonds is 6. The Hall–Kier alpha value is -2.74. The Morgan fingerprint density at radius 2 is 1.78 bits per heavy atom. The van der Waals surface area contributed by atoms with Gasteiger partial charge in [0.05, 0.1) is 12.7 Å². The first kappa shape index (κ1) is 23.9. The fourth-order valence-electron chi connectivity index (χ4n) is 3.83. The molecule has 0 spiro atoms. The smallest absolute Gasteiger partial charge is 0.416 e. The van der Waals surface area contributed by atoms with E-state index >= 15 is 0 Å². The minimum Gasteiger partial charge on any atom is -0.497 e. The van der Waals surface area contributed by atoms with E-state index in [9.17, 15) is 22.8 Å². The van der Waals surface area contributed by atoms with Crippen LogP contribution in [0.4, 0.5) is 18.9 Å². The Bertz CT molecular complexity index is 942. The molecule has 1 heterocycles. The summed E-state index contributed by atoms with van der Waals surface area (Å²) in [5.41, 5.74) is 0.116. The first-order valence-corrected chi connectivity index (χ1v) is 10.8. The third-order valence-corrected chi connectivity index (χ3v) is 5.67. The van der Waals surface area contributed by atoms with E-state index in [0.717, 1.165) is 12.1 Å². The van der Waals surface area contributed by atoms with Crippen LogP contribution in [0.2, 0.25) is 0 Å². The number of halogens is 4. The molecule has 2 amide bonds. The normalized spacial score (nSPS) is 14.8. The largest absolute Gasteiger partial charge is 0.497 e. The van der Waals surface area contributed by atoms with Crippen LogP contribution >= 0.6 is 11.6 Å². The number of methoxy groups -OCH3 is 1. The fraction of sp³-hybridized carbons (Fsp3) is 0.391. The van der Waals surface area contributed by atoms with E-state index in [4.69, 9.17) is 16.3 Å². The lowest BCUT2D eigenvalue weighted by Gasteiger charge is -2.38. The number of anilines is 1. The van der Waals surface area contributed by atoms with Gasteiger partial charge < -0.3 is 14.5 Å². The van der Waals surface area contributed by atoms with Crippen LogP contribution in [0.1, 0.15) is 35.2 Å². The van der Waals surface area contributed by atoms with E-state index in [-0.39, 0.29) is 35.7 Å². The number of alkyl halides is 4. The predicted molar refractivity (Wildman–Crippen MR) is 116 cm³/mol. The molecule has 0 aliphatic carbocycles. The van der Waals surface area contributed by atoms with Crippen molar-refractivity contribution < 1.29 is 27.5 Å². The SMILES string of the molecule is COc1cccc(N(C(=O)CCCl)C2CCN(C(=O)c3ccc(C(F)(F)F)cc3)CC2)c1. The number of nitrogens with zero attached hydrogens (tertiary/aromatic N) is 2. The van der Waals surface area contributed by atoms with Gasteiger partial charge in [0.1, 0.15) is 5.75 Å². The van der Waals surface area contributed by atoms with Gasteiger partial charge in [-0.15, -0.1) is 11.6 Å². The van der Waals surface area contributed by atoms with Crippen molar-refractivity contribution in [2.24, 2.45) is 0 Å². The summed E-state index contributed by atoms with van der Waals surface area (Å²) in [6.45, 7) is 0.776. The lowest BCUT2D eigenvalue weighted by atomic mass is 10.0. The number of benzene rings is 2. The molecule has 9 heteroatoms. The molecule has 1 aliphatic rings. The van der Waals surface area contributed by atoms with Gasteiger partial charge in [0, 0.05) is 48.7 Å². The predicted octanol–water partition coefficient (Wildman–Crippen LogP) is 4.98. The first-order valence-electron chi connectivity index (χ1n) is 10.2. The summed E-state index contributed by atoms with van der Waals surface area (Å²) < 4.78 is 43.5. The van der Waals surface area contributed by atoms with Crippen molar-refractivity contribution in [3.63, 3.8) is 0 Å². The van der Waals surface area contributed by atoms with Crippen LogP contribution in [0.15, 0.2) is 48.5 Å². The second-order valence-corrected chi connectivity index (χ2v) is 7.88. The molecule has 0 aromatic heterocycles. The second-order valence-electron chi connectivity index (χ2n) is 7.50. The molecule has 0 N–H and O–H groups in total. The van der Waals surface area contributed by atoms with Gasteiger partial charge in [0.2, 0.25) is 5.91 Å². The molecule has 5 nitrogen and oxygen atoms in total. The molecule has 1 fully saturated rings. The van der Waals surface area contributed by atoms with Crippen molar-refractivity contribution >= 4 is 29.1 Å². The van der Waals surface area contributed by atoms with Crippen LogP contribution in [0.25, 0.3) is 0 Å². The third-order valence-electron chi connectivity index (χ3n) is 5.48. The molecule has 1 aliphatic heterocycles. The van der Waals surface area contributed by atoms with Crippen LogP contribution < -0.4 is 9.64 Å². The Balaban J connectivity index is 1.71. The first-order chi connectivity index (χ1) is 15.2. The maximum Gasteiger partial charge on any atom is 0.416 e. The van der Waals surface area contributed by atoms with Crippen LogP contribution in [0.3, 0.4) is 0 Å². The van der Waals surface area contributed by atoms with E-state index in [1.807, 2.05) is 6.07 Å². The summed E-state index contributed by atoms with van der Waals surface area (Å²) in [6.07, 6.45) is -3.18. The number of hydrogen-bond donors (Lipinski definition) is 0. The topological polar surface area (TPSA) is 49.9 Å². The number of carbonyl (C=O) groups is 2. The van der Waals surface area contributed by atoms with Gasteiger partial charge in [-0.25, -0.2) is 0 Å². The average molecular weight is 469 g/mol. The molecule has 1 saturated heterocycles. The molecule has 0 bridgehead atoms. The van der Waals surface area contributed by atoms with Gasteiger partial charge in [0.15, 0.2) is 0 Å². The molecule has 2 aromatic carbocycles. The quantitative estimate of drug-likeness (QED) is 0.562. The number of ether oxygens (including phenoxy) is 1. The highest BCUT2D eigenvalue weighted by Crippen LogP contribution is 2.30. The molecule has 0 atom stereocenters. The summed E-state index contributed by atoms with van der Waals surface area (Å²) >= 11 is 5.80. The van der Waals surface area contributed by atoms with E-state index in [1.54, 1.807) is 35.1 Å². The molecule has 32 heavy (non-hydrogen) atoms. The molecule has 3 rings (SSSR count). The van der Waals surface area contributed by atoms with Crippen molar-refractivity contribution in [2.45, 2.75) is 31.5 Å². The third kappa shape index (κ3) is 5.54. The van der Waals surface area contributed by atoms with Gasteiger partial charge in [0.25, 0.3) is 5.91 Å². The number of likely N-dealkylation sites (tertiary alicyclic amines) is 1. The van der Waals surface area contributed by atoms with Crippen LogP contribution in [0, 0.1) is 0 Å². The highest BCUT2D eigenvalue weighted by atomic mass is 35.5. The molecular formula is C23H24ClF3N2O3. The summed E-state index contributed by atoms with van der Waals surface area (Å²) in [5, 5.41) is 0. The van der Waals surface area contributed by atoms with Gasteiger partial charge in [-0.2, -0.15) is 13.2 Å². The zero-order valence-electron chi connectivity index (χ0n) is 17.6. The summed E-state index contributed by atoms with van der Waals surface area (Å²) in [6, 6.07) is 11.3. The van der Waals surface area contributed by atoms with Crippen LogP contribution in [-0.4, -0.2) is 48.8 Å². The zero-order valence-corrected chi connectivity index (χ0v) is 18.3. The Morgan fingerprint density at radius 1 is 1.12 bits per heavy atom. The summed E-state index contributed by atoms with van der Waals surface area (Å²) in [7, 11) is 1.55. The number of carbonyl (C=O) groups excluding carboxylic acids is 2. The highest BCUT2D eigenvalue weighted by Gasteiger charge is 2.32. The second kappa shape index (κ2) is 10.3. The van der Waals surface area contributed by atoms with Crippen molar-refractivity contribution in [3.8, 4) is 5.75 Å². The number of hydrogen-bond acceptors (Lipinski definition) is 3. The van der Waals surface area contributed by atoms with Crippen molar-refractivity contribution in [1.29, 1.82) is 0 Å². The maximum absolute atomic E-state index is 12.8. The Kier molecular flexibility index (Phi) is 7.66. The average Bonchev–Trinajstić information content (AvgIpc) is 2.79. The Morgan fingerprint density at radius 3 is 2.34 bits per heavy atom. The fourth-order valence-corrected chi connectivity index (χ4v) is 3.99. The molecule has 2 aromatic rings. The van der Waals surface area contributed by atoms with Gasteiger partial charge in [-0.1, -0.05) is 6.07 Å². The van der Waals surface area contributed by atoms with E-state index in [2.05, 4.69) is 0 Å². The zero-order chi connectivity index (χ0) is 23.3. The van der Waals surface area contributed by atoms with Crippen LogP contribution in [0.5, 0.6) is 5.75 Å². The van der Waals surface area contributed by atoms with E-state index in [1.165, 1.54) is 12.1 Å². The number of amides is 2. The van der Waals surface area contributed by atoms with Crippen molar-refractivity contribution in [1.82, 2.24) is 4.90 Å². The van der Waals surface area contributed by atoms with Crippen molar-refractivity contribution in [3.05, 3.63) is 59.7 Å². The maximum atomic E-state index is 12.8. The molecule has 0 saturated carbocycles. The summed E-state index contributed by atoms with van der Waals surface area (Å²) in [5.74, 6) is 0.393. The molecule has 0 unspecified atom stereocenters. The van der Waals surface area contributed by atoms with Crippen molar-refractivity contribution in [2.75, 3.05) is 31.0 Å². The van der Waals surface area contributed by atoms with Gasteiger partial charge >= 0.3 is 6.18 Å². The highest BCUT2D eigenvalue weighted by molar-refractivity contribution is 6.19. The minimum absolute atomic E-state index is 0.110. The minimum atomic E-state index is -4.45. The lowest BCUT2D eigenvalue weighted by molar-refractivity contribution is -0.137. The summed E-state index contributed by atoms with van der Waals surface area (Å²) in [4.78, 5) is 28.9. The molecule has 172 valence electrons. The van der Waals surface area contributed by atoms with Crippen LogP contribution in [-0.2, 0) is 11.0 Å². The van der Waals surface area contributed by atoms with E-state index < -0.39 is 11.7 Å². The number of piperidine rings is 1. The Labute approximate surface area is 189 Å². The standard InChI is InChI=1S/C23H24ClF3N2O3/c1-32-20-4-2-3-19(15-20)29(21(30)9-12-24)18-10-13-28(14-11-18)22(31)16-5-7-17(8-6-16)23(25,26)27/h2-8,15,18H,9-14H2,1H3. The lowest BCUT2D eigenvalue weighted by Crippen LogP contribution is -2.49. The monoisotopic (exact) mass is 468 g/mol.